The number of fused-ring (bicyclic) bond motifs is 2. The van der Waals surface area contributed by atoms with E-state index in [0.29, 0.717) is 16.7 Å². The largest absolute Gasteiger partial charge is 0.490 e. The molecule has 0 unspecified atom stereocenters. The number of pyridine rings is 1. The Labute approximate surface area is 180 Å². The molecule has 33 heavy (non-hydrogen) atoms. The lowest BCUT2D eigenvalue weighted by molar-refractivity contribution is -0.192. The summed E-state index contributed by atoms with van der Waals surface area (Å²) < 4.78 is 69.3. The molecule has 8 nitrogen and oxygen atoms in total. The van der Waals surface area contributed by atoms with E-state index in [1.807, 2.05) is 24.3 Å². The summed E-state index contributed by atoms with van der Waals surface area (Å²) in [4.78, 5) is 24.5. The third-order valence-corrected chi connectivity index (χ3v) is 3.97. The number of benzene rings is 1. The molecule has 1 aromatic carbocycles. The zero-order valence-electron chi connectivity index (χ0n) is 16.3. The minimum atomic E-state index is -5.08. The Bertz CT molecular complexity index is 1270. The van der Waals surface area contributed by atoms with E-state index in [2.05, 4.69) is 30.6 Å². The van der Waals surface area contributed by atoms with E-state index < -0.39 is 24.9 Å². The Morgan fingerprint density at radius 3 is 2.45 bits per heavy atom. The van der Waals surface area contributed by atoms with E-state index in [1.165, 1.54) is 0 Å². The number of halogens is 6. The Balaban J connectivity index is 0.000000383. The van der Waals surface area contributed by atoms with E-state index in [4.69, 9.17) is 9.90 Å². The van der Waals surface area contributed by atoms with Gasteiger partial charge >= 0.3 is 18.3 Å². The van der Waals surface area contributed by atoms with Crippen LogP contribution in [0.3, 0.4) is 0 Å². The predicted octanol–water partition coefficient (Wildman–Crippen LogP) is 4.86. The van der Waals surface area contributed by atoms with Gasteiger partial charge in [-0.05, 0) is 30.3 Å². The first-order valence-corrected chi connectivity index (χ1v) is 9.00. The SMILES string of the molecule is FC(F)(F)CNc1nc(Nc2ccc3ncccc3c2)nc2[nH]ccc12.O=C(O)C(F)(F)F. The van der Waals surface area contributed by atoms with Crippen LogP contribution in [-0.2, 0) is 4.79 Å². The number of hydrogen-bond donors (Lipinski definition) is 4. The van der Waals surface area contributed by atoms with Gasteiger partial charge in [-0.3, -0.25) is 4.98 Å². The molecular formula is C19H14F6N6O2. The molecule has 4 aromatic rings. The van der Waals surface area contributed by atoms with Crippen molar-refractivity contribution in [1.29, 1.82) is 0 Å². The molecule has 0 radical (unpaired) electrons. The van der Waals surface area contributed by atoms with Crippen molar-refractivity contribution in [2.45, 2.75) is 12.4 Å². The fourth-order valence-corrected chi connectivity index (χ4v) is 2.60. The lowest BCUT2D eigenvalue weighted by Crippen LogP contribution is -2.22. The van der Waals surface area contributed by atoms with Gasteiger partial charge in [-0.25, -0.2) is 4.79 Å². The Morgan fingerprint density at radius 1 is 1.06 bits per heavy atom. The van der Waals surface area contributed by atoms with E-state index in [1.54, 1.807) is 24.5 Å². The zero-order chi connectivity index (χ0) is 24.2. The van der Waals surface area contributed by atoms with Crippen molar-refractivity contribution in [3.63, 3.8) is 0 Å². The second-order valence-corrected chi connectivity index (χ2v) is 6.44. The average Bonchev–Trinajstić information content (AvgIpc) is 3.20. The molecule has 0 aliphatic heterocycles. The predicted molar refractivity (Wildman–Crippen MR) is 107 cm³/mol. The van der Waals surface area contributed by atoms with Gasteiger partial charge in [0.1, 0.15) is 18.0 Å². The van der Waals surface area contributed by atoms with E-state index in [0.717, 1.165) is 10.9 Å². The van der Waals surface area contributed by atoms with E-state index in [9.17, 15) is 26.3 Å². The van der Waals surface area contributed by atoms with Gasteiger partial charge in [0.2, 0.25) is 5.95 Å². The minimum absolute atomic E-state index is 0.110. The van der Waals surface area contributed by atoms with E-state index in [-0.39, 0.29) is 11.8 Å². The number of carboxylic acid groups (broad SMARTS) is 1. The Hall–Kier alpha value is -4.10. The molecule has 4 N–H and O–H groups in total. The number of H-pyrrole nitrogens is 1. The molecule has 4 rings (SSSR count). The van der Waals surface area contributed by atoms with Gasteiger partial charge in [-0.2, -0.15) is 36.3 Å². The number of aliphatic carboxylic acids is 1. The zero-order valence-corrected chi connectivity index (χ0v) is 16.3. The van der Waals surface area contributed by atoms with Crippen LogP contribution in [0.5, 0.6) is 0 Å². The molecule has 0 aliphatic carbocycles. The highest BCUT2D eigenvalue weighted by Crippen LogP contribution is 2.25. The molecule has 0 aliphatic rings. The maximum absolute atomic E-state index is 12.5. The number of carboxylic acids is 1. The summed E-state index contributed by atoms with van der Waals surface area (Å²) in [6.45, 7) is -1.18. The molecule has 0 saturated heterocycles. The highest BCUT2D eigenvalue weighted by molar-refractivity contribution is 5.89. The van der Waals surface area contributed by atoms with Gasteiger partial charge in [-0.15, -0.1) is 0 Å². The van der Waals surface area contributed by atoms with Gasteiger partial charge in [0, 0.05) is 23.5 Å². The smallest absolute Gasteiger partial charge is 0.475 e. The summed E-state index contributed by atoms with van der Waals surface area (Å²) in [6.07, 6.45) is -6.12. The quantitative estimate of drug-likeness (QED) is 0.314. The first-order chi connectivity index (χ1) is 15.4. The van der Waals surface area contributed by atoms with Crippen LogP contribution in [0.2, 0.25) is 0 Å². The van der Waals surface area contributed by atoms with Crippen molar-refractivity contribution in [1.82, 2.24) is 19.9 Å². The maximum atomic E-state index is 12.5. The van der Waals surface area contributed by atoms with Crippen LogP contribution in [0.4, 0.5) is 43.8 Å². The molecule has 0 spiro atoms. The second kappa shape index (κ2) is 9.18. The fourth-order valence-electron chi connectivity index (χ4n) is 2.60. The van der Waals surface area contributed by atoms with Gasteiger partial charge in [0.15, 0.2) is 0 Å². The Kier molecular flexibility index (Phi) is 6.55. The fraction of sp³-hybridized carbons (Fsp3) is 0.158. The van der Waals surface area contributed by atoms with Gasteiger partial charge in [-0.1, -0.05) is 6.07 Å². The number of nitrogens with one attached hydrogen (secondary N) is 3. The highest BCUT2D eigenvalue weighted by atomic mass is 19.4. The molecule has 0 amide bonds. The van der Waals surface area contributed by atoms with Crippen molar-refractivity contribution in [3.05, 3.63) is 48.8 Å². The van der Waals surface area contributed by atoms with Crippen LogP contribution >= 0.6 is 0 Å². The lowest BCUT2D eigenvalue weighted by atomic mass is 10.2. The van der Waals surface area contributed by atoms with Crippen molar-refractivity contribution in [3.8, 4) is 0 Å². The molecule has 0 saturated carbocycles. The number of alkyl halides is 6. The minimum Gasteiger partial charge on any atom is -0.475 e. The van der Waals surface area contributed by atoms with Crippen LogP contribution in [0, 0.1) is 0 Å². The molecule has 3 heterocycles. The first kappa shape index (κ1) is 23.6. The molecule has 0 fully saturated rings. The monoisotopic (exact) mass is 472 g/mol. The number of nitrogens with zero attached hydrogens (tertiary/aromatic N) is 3. The van der Waals surface area contributed by atoms with Gasteiger partial charge in [0.05, 0.1) is 10.9 Å². The summed E-state index contributed by atoms with van der Waals surface area (Å²) in [5.74, 6) is -2.46. The van der Waals surface area contributed by atoms with Crippen molar-refractivity contribution in [2.75, 3.05) is 17.2 Å². The standard InChI is InChI=1S/C17H13F3N6.C2HF3O2/c18-17(19,20)9-23-15-12-5-7-22-14(12)25-16(26-15)24-11-3-4-13-10(8-11)2-1-6-21-13;3-2(4,5)1(6)7/h1-8H,9H2,(H3,22,23,24,25,26);(H,6,7). The summed E-state index contributed by atoms with van der Waals surface area (Å²) in [7, 11) is 0. The normalized spacial score (nSPS) is 11.7. The molecule has 14 heteroatoms. The summed E-state index contributed by atoms with van der Waals surface area (Å²) in [5, 5.41) is 13.9. The second-order valence-electron chi connectivity index (χ2n) is 6.44. The van der Waals surface area contributed by atoms with Crippen LogP contribution in [-0.4, -0.2) is 49.9 Å². The molecule has 174 valence electrons. The van der Waals surface area contributed by atoms with Crippen LogP contribution in [0.25, 0.3) is 21.9 Å². The summed E-state index contributed by atoms with van der Waals surface area (Å²) >= 11 is 0. The van der Waals surface area contributed by atoms with E-state index >= 15 is 0 Å². The topological polar surface area (TPSA) is 116 Å². The van der Waals surface area contributed by atoms with Crippen molar-refractivity contribution >= 4 is 45.4 Å². The number of anilines is 3. The molecule has 3 aromatic heterocycles. The third kappa shape index (κ3) is 6.44. The lowest BCUT2D eigenvalue weighted by Gasteiger charge is -2.12. The van der Waals surface area contributed by atoms with Crippen LogP contribution in [0.1, 0.15) is 0 Å². The molecule has 0 bridgehead atoms. The van der Waals surface area contributed by atoms with Crippen molar-refractivity contribution in [2.24, 2.45) is 0 Å². The maximum Gasteiger partial charge on any atom is 0.490 e. The van der Waals surface area contributed by atoms with Crippen molar-refractivity contribution < 1.29 is 36.2 Å². The van der Waals surface area contributed by atoms with Gasteiger partial charge in [0.25, 0.3) is 0 Å². The average molecular weight is 472 g/mol. The number of aromatic nitrogens is 4. The van der Waals surface area contributed by atoms with Crippen LogP contribution in [0.15, 0.2) is 48.8 Å². The Morgan fingerprint density at radius 2 is 1.79 bits per heavy atom. The molecular weight excluding hydrogens is 458 g/mol. The summed E-state index contributed by atoms with van der Waals surface area (Å²) in [5.41, 5.74) is 1.99. The first-order valence-electron chi connectivity index (χ1n) is 9.00. The highest BCUT2D eigenvalue weighted by Gasteiger charge is 2.38. The number of rotatable bonds is 4. The number of hydrogen-bond acceptors (Lipinski definition) is 6. The summed E-state index contributed by atoms with van der Waals surface area (Å²) in [6, 6.07) is 10.9. The number of carbonyl (C=O) groups is 1. The van der Waals surface area contributed by atoms with Gasteiger partial charge < -0.3 is 20.7 Å². The molecule has 0 atom stereocenters. The number of aromatic amines is 1. The van der Waals surface area contributed by atoms with Crippen LogP contribution < -0.4 is 10.6 Å². The third-order valence-electron chi connectivity index (χ3n) is 3.97.